The van der Waals surface area contributed by atoms with E-state index in [4.69, 9.17) is 18.0 Å². The largest absolute Gasteiger partial charge is 0.389 e. The number of rotatable bonds is 1. The second-order valence-corrected chi connectivity index (χ2v) is 2.75. The Morgan fingerprint density at radius 3 is 3.17 bits per heavy atom. The molecule has 0 unspecified atom stereocenters. The van der Waals surface area contributed by atoms with Gasteiger partial charge < -0.3 is 5.73 Å². The summed E-state index contributed by atoms with van der Waals surface area (Å²) in [4.78, 5) is 4.42. The van der Waals surface area contributed by atoms with Gasteiger partial charge in [-0.25, -0.2) is 9.50 Å². The molecule has 2 heterocycles. The average Bonchev–Trinajstić information content (AvgIpc) is 2.47. The lowest BCUT2D eigenvalue weighted by Crippen LogP contribution is -2.09. The van der Waals surface area contributed by atoms with Gasteiger partial charge in [-0.2, -0.15) is 5.10 Å². The number of aromatic nitrogens is 3. The summed E-state index contributed by atoms with van der Waals surface area (Å²) < 4.78 is 1.63. The highest BCUT2D eigenvalue weighted by atomic mass is 32.1. The number of hydrogen-bond donors (Lipinski definition) is 1. The quantitative estimate of drug-likeness (QED) is 0.641. The van der Waals surface area contributed by atoms with Gasteiger partial charge in [0.15, 0.2) is 5.65 Å². The molecule has 0 aliphatic heterocycles. The average molecular weight is 178 g/mol. The molecule has 5 heteroatoms. The second kappa shape index (κ2) is 2.53. The van der Waals surface area contributed by atoms with Crippen molar-refractivity contribution in [1.82, 2.24) is 14.6 Å². The summed E-state index contributed by atoms with van der Waals surface area (Å²) in [5.74, 6) is 0. The third-order valence-electron chi connectivity index (χ3n) is 1.54. The molecule has 60 valence electrons. The molecule has 0 bridgehead atoms. The highest BCUT2D eigenvalue weighted by Gasteiger charge is 2.05. The Labute approximate surface area is 74.0 Å². The Bertz CT molecular complexity index is 434. The molecular formula is C7H6N4S. The molecule has 0 aliphatic carbocycles. The maximum absolute atomic E-state index is 5.46. The molecule has 0 atom stereocenters. The predicted octanol–water partition coefficient (Wildman–Crippen LogP) is 0.364. The van der Waals surface area contributed by atoms with Crippen molar-refractivity contribution in [2.24, 2.45) is 5.73 Å². The molecule has 0 aliphatic rings. The van der Waals surface area contributed by atoms with Crippen LogP contribution in [0.1, 0.15) is 5.56 Å². The Hall–Kier alpha value is -1.49. The number of nitrogens with zero attached hydrogens (tertiary/aromatic N) is 3. The summed E-state index contributed by atoms with van der Waals surface area (Å²) in [5, 5.41) is 4.03. The normalized spacial score (nSPS) is 10.3. The highest BCUT2D eigenvalue weighted by molar-refractivity contribution is 7.80. The summed E-state index contributed by atoms with van der Waals surface area (Å²) in [5.41, 5.74) is 6.87. The van der Waals surface area contributed by atoms with Gasteiger partial charge in [0.1, 0.15) is 4.99 Å². The van der Waals surface area contributed by atoms with E-state index in [1.54, 1.807) is 29.2 Å². The van der Waals surface area contributed by atoms with E-state index in [2.05, 4.69) is 10.1 Å². The molecule has 0 fully saturated rings. The lowest BCUT2D eigenvalue weighted by atomic mass is 10.3. The first kappa shape index (κ1) is 7.17. The molecule has 0 saturated heterocycles. The van der Waals surface area contributed by atoms with Gasteiger partial charge in [-0.3, -0.25) is 0 Å². The van der Waals surface area contributed by atoms with E-state index in [0.717, 1.165) is 0 Å². The van der Waals surface area contributed by atoms with Crippen molar-refractivity contribution >= 4 is 22.9 Å². The molecular weight excluding hydrogens is 172 g/mol. The summed E-state index contributed by atoms with van der Waals surface area (Å²) in [6, 6.07) is 1.79. The van der Waals surface area contributed by atoms with Crippen LogP contribution in [-0.2, 0) is 0 Å². The first-order valence-electron chi connectivity index (χ1n) is 3.37. The van der Waals surface area contributed by atoms with Crippen LogP contribution >= 0.6 is 12.2 Å². The van der Waals surface area contributed by atoms with Gasteiger partial charge in [-0.15, -0.1) is 0 Å². The van der Waals surface area contributed by atoms with Crippen molar-refractivity contribution in [3.8, 4) is 0 Å². The van der Waals surface area contributed by atoms with Crippen molar-refractivity contribution in [2.45, 2.75) is 0 Å². The first-order chi connectivity index (χ1) is 5.79. The van der Waals surface area contributed by atoms with E-state index >= 15 is 0 Å². The molecule has 0 aromatic carbocycles. The summed E-state index contributed by atoms with van der Waals surface area (Å²) >= 11 is 4.83. The minimum Gasteiger partial charge on any atom is -0.389 e. The van der Waals surface area contributed by atoms with Gasteiger partial charge in [0.2, 0.25) is 0 Å². The van der Waals surface area contributed by atoms with E-state index < -0.39 is 0 Å². The van der Waals surface area contributed by atoms with E-state index in [1.807, 2.05) is 0 Å². The number of thiocarbonyl (C=S) groups is 1. The van der Waals surface area contributed by atoms with E-state index in [1.165, 1.54) is 0 Å². The Morgan fingerprint density at radius 1 is 1.58 bits per heavy atom. The van der Waals surface area contributed by atoms with Crippen molar-refractivity contribution < 1.29 is 0 Å². The number of fused-ring (bicyclic) bond motifs is 1. The van der Waals surface area contributed by atoms with Crippen LogP contribution in [0.2, 0.25) is 0 Å². The second-order valence-electron chi connectivity index (χ2n) is 2.31. The van der Waals surface area contributed by atoms with E-state index in [-0.39, 0.29) is 0 Å². The lowest BCUT2D eigenvalue weighted by Gasteiger charge is -1.92. The summed E-state index contributed by atoms with van der Waals surface area (Å²) in [6.45, 7) is 0. The third kappa shape index (κ3) is 0.947. The van der Waals surface area contributed by atoms with Crippen molar-refractivity contribution in [3.05, 3.63) is 30.2 Å². The van der Waals surface area contributed by atoms with Crippen LogP contribution in [0.25, 0.3) is 5.65 Å². The maximum Gasteiger partial charge on any atom is 0.165 e. The molecule has 0 spiro atoms. The van der Waals surface area contributed by atoms with Gasteiger partial charge in [0.25, 0.3) is 0 Å². The Balaban J connectivity index is 2.79. The molecule has 2 N–H and O–H groups in total. The van der Waals surface area contributed by atoms with Gasteiger partial charge in [-0.05, 0) is 6.07 Å². The molecule has 4 nitrogen and oxygen atoms in total. The predicted molar refractivity (Wildman–Crippen MR) is 48.9 cm³/mol. The van der Waals surface area contributed by atoms with Crippen LogP contribution in [0.3, 0.4) is 0 Å². The molecule has 2 aromatic rings. The van der Waals surface area contributed by atoms with Crippen molar-refractivity contribution in [3.63, 3.8) is 0 Å². The molecule has 0 radical (unpaired) electrons. The van der Waals surface area contributed by atoms with Crippen LogP contribution < -0.4 is 5.73 Å². The topological polar surface area (TPSA) is 56.2 Å². The van der Waals surface area contributed by atoms with Gasteiger partial charge >= 0.3 is 0 Å². The van der Waals surface area contributed by atoms with Crippen LogP contribution in [0.4, 0.5) is 0 Å². The van der Waals surface area contributed by atoms with Crippen LogP contribution in [0.15, 0.2) is 24.7 Å². The monoisotopic (exact) mass is 178 g/mol. The number of nitrogens with two attached hydrogens (primary N) is 1. The maximum atomic E-state index is 5.46. The van der Waals surface area contributed by atoms with Crippen LogP contribution in [0, 0.1) is 0 Å². The molecule has 2 rings (SSSR count). The minimum absolute atomic E-state index is 0.323. The standard InChI is InChI=1S/C7H6N4S/c8-6(12)5-4-10-11-3-1-2-9-7(5)11/h1-4H,(H2,8,12). The van der Waals surface area contributed by atoms with Crippen LogP contribution in [-0.4, -0.2) is 19.6 Å². The third-order valence-corrected chi connectivity index (χ3v) is 1.76. The van der Waals surface area contributed by atoms with Crippen molar-refractivity contribution in [2.75, 3.05) is 0 Å². The Kier molecular flexibility index (Phi) is 1.51. The smallest absolute Gasteiger partial charge is 0.165 e. The van der Waals surface area contributed by atoms with Gasteiger partial charge in [0, 0.05) is 12.4 Å². The SMILES string of the molecule is NC(=S)c1cnn2cccnc12. The van der Waals surface area contributed by atoms with Crippen LogP contribution in [0.5, 0.6) is 0 Å². The zero-order valence-electron chi connectivity index (χ0n) is 6.14. The zero-order valence-corrected chi connectivity index (χ0v) is 6.95. The summed E-state index contributed by atoms with van der Waals surface area (Å²) in [7, 11) is 0. The van der Waals surface area contributed by atoms with Gasteiger partial charge in [-0.1, -0.05) is 12.2 Å². The van der Waals surface area contributed by atoms with E-state index in [0.29, 0.717) is 16.2 Å². The summed E-state index contributed by atoms with van der Waals surface area (Å²) in [6.07, 6.45) is 5.09. The Morgan fingerprint density at radius 2 is 2.42 bits per heavy atom. The fourth-order valence-electron chi connectivity index (χ4n) is 1.00. The number of hydrogen-bond acceptors (Lipinski definition) is 3. The lowest BCUT2D eigenvalue weighted by molar-refractivity contribution is 0.939. The highest BCUT2D eigenvalue weighted by Crippen LogP contribution is 2.05. The minimum atomic E-state index is 0.323. The van der Waals surface area contributed by atoms with Gasteiger partial charge in [0.05, 0.1) is 11.8 Å². The molecule has 2 aromatic heterocycles. The fourth-order valence-corrected chi connectivity index (χ4v) is 1.15. The molecule has 0 amide bonds. The van der Waals surface area contributed by atoms with E-state index in [9.17, 15) is 0 Å². The fraction of sp³-hybridized carbons (Fsp3) is 0. The molecule has 12 heavy (non-hydrogen) atoms. The van der Waals surface area contributed by atoms with Crippen molar-refractivity contribution in [1.29, 1.82) is 0 Å². The first-order valence-corrected chi connectivity index (χ1v) is 3.78. The molecule has 0 saturated carbocycles. The zero-order chi connectivity index (χ0) is 8.55.